The number of oxazole rings is 1. The van der Waals surface area contributed by atoms with Gasteiger partial charge in [0, 0.05) is 27.7 Å². The molecule has 48 heavy (non-hydrogen) atoms. The van der Waals surface area contributed by atoms with E-state index < -0.39 is 8.07 Å². The molecule has 4 nitrogen and oxygen atoms in total. The summed E-state index contributed by atoms with van der Waals surface area (Å²) >= 11 is 0. The lowest BCUT2D eigenvalue weighted by Crippen LogP contribution is -2.49. The third-order valence-corrected chi connectivity index (χ3v) is 13.6. The van der Waals surface area contributed by atoms with Crippen LogP contribution in [0.3, 0.4) is 0 Å². The quantitative estimate of drug-likeness (QED) is 0.181. The summed E-state index contributed by atoms with van der Waals surface area (Å²) in [5.41, 5.74) is 10.1. The van der Waals surface area contributed by atoms with Gasteiger partial charge in [-0.15, -0.1) is 0 Å². The van der Waals surface area contributed by atoms with Crippen LogP contribution in [0.1, 0.15) is 0 Å². The smallest absolute Gasteiger partial charge is 0.228 e. The molecular formula is C43H30N2O2Si. The van der Waals surface area contributed by atoms with Gasteiger partial charge < -0.3 is 13.7 Å². The molecule has 0 saturated heterocycles. The fraction of sp³-hybridized carbons (Fsp3) is 0.0465. The zero-order chi connectivity index (χ0) is 32.0. The van der Waals surface area contributed by atoms with Gasteiger partial charge in [0.05, 0.1) is 5.69 Å². The summed E-state index contributed by atoms with van der Waals surface area (Å²) in [5, 5.41) is 7.39. The highest BCUT2D eigenvalue weighted by Gasteiger charge is 2.37. The molecule has 9 aromatic rings. The van der Waals surface area contributed by atoms with Crippen LogP contribution in [0.5, 0.6) is 0 Å². The Hall–Kier alpha value is -5.91. The van der Waals surface area contributed by atoms with E-state index >= 15 is 0 Å². The molecule has 1 aliphatic heterocycles. The third kappa shape index (κ3) is 3.91. The lowest BCUT2D eigenvalue weighted by atomic mass is 10.0. The number of hydrogen-bond donors (Lipinski definition) is 0. The van der Waals surface area contributed by atoms with Gasteiger partial charge in [0.1, 0.15) is 19.2 Å². The maximum atomic E-state index is 6.81. The Balaban J connectivity index is 1.22. The molecule has 228 valence electrons. The summed E-state index contributed by atoms with van der Waals surface area (Å²) in [6, 6.07) is 51.7. The summed E-state index contributed by atoms with van der Waals surface area (Å²) in [6.45, 7) is 4.94. The van der Waals surface area contributed by atoms with Crippen molar-refractivity contribution in [2.45, 2.75) is 13.1 Å². The standard InChI is InChI=1S/C43H30N2O2Si/c1-48(2)39-20-8-5-13-31(39)32-24-23-30(26-40(32)48)45(29-22-21-27-11-3-4-12-28(27)25-29)36-17-9-14-33-41-34(15-10-19-38(41)46-42(33)36)43-44-35-16-6-7-18-37(35)47-43/h3-26H,1-2H3. The molecule has 0 bridgehead atoms. The SMILES string of the molecule is C[Si]1(C)c2ccccc2-c2ccc(N(c3ccc4ccccc4c3)c3cccc4c3oc3cccc(-c5nc6ccccc6o5)c34)cc21. The number of hydrogen-bond acceptors (Lipinski definition) is 4. The van der Waals surface area contributed by atoms with Gasteiger partial charge in [-0.1, -0.05) is 104 Å². The van der Waals surface area contributed by atoms with Crippen molar-refractivity contribution in [3.63, 3.8) is 0 Å². The zero-order valence-corrected chi connectivity index (χ0v) is 27.6. The van der Waals surface area contributed by atoms with Crippen LogP contribution >= 0.6 is 0 Å². The number of nitrogens with zero attached hydrogens (tertiary/aromatic N) is 2. The molecule has 0 atom stereocenters. The Morgan fingerprint density at radius 1 is 0.542 bits per heavy atom. The van der Waals surface area contributed by atoms with Crippen LogP contribution in [-0.4, -0.2) is 13.1 Å². The highest BCUT2D eigenvalue weighted by Crippen LogP contribution is 2.45. The van der Waals surface area contributed by atoms with E-state index in [0.29, 0.717) is 5.89 Å². The van der Waals surface area contributed by atoms with E-state index in [-0.39, 0.29) is 0 Å². The van der Waals surface area contributed by atoms with Crippen molar-refractivity contribution in [2.24, 2.45) is 0 Å². The molecule has 2 aromatic heterocycles. The molecule has 5 heteroatoms. The predicted molar refractivity (Wildman–Crippen MR) is 201 cm³/mol. The molecule has 10 rings (SSSR count). The van der Waals surface area contributed by atoms with Crippen LogP contribution in [0.2, 0.25) is 13.1 Å². The number of fused-ring (bicyclic) bond motifs is 8. The normalized spacial score (nSPS) is 13.4. The van der Waals surface area contributed by atoms with E-state index in [9.17, 15) is 0 Å². The van der Waals surface area contributed by atoms with E-state index in [1.165, 1.54) is 32.3 Å². The molecular weight excluding hydrogens is 605 g/mol. The van der Waals surface area contributed by atoms with Crippen LogP contribution in [-0.2, 0) is 0 Å². The minimum absolute atomic E-state index is 0.590. The minimum atomic E-state index is -1.91. The molecule has 0 unspecified atom stereocenters. The topological polar surface area (TPSA) is 42.4 Å². The number of aromatic nitrogens is 1. The average molecular weight is 635 g/mol. The van der Waals surface area contributed by atoms with Gasteiger partial charge in [-0.05, 0) is 86.9 Å². The van der Waals surface area contributed by atoms with Crippen LogP contribution < -0.4 is 15.3 Å². The predicted octanol–water partition coefficient (Wildman–Crippen LogP) is 10.8. The fourth-order valence-corrected chi connectivity index (χ4v) is 10.8. The van der Waals surface area contributed by atoms with Gasteiger partial charge in [0.15, 0.2) is 11.2 Å². The number of furan rings is 1. The number of anilines is 3. The van der Waals surface area contributed by atoms with Crippen LogP contribution in [0.15, 0.2) is 154 Å². The zero-order valence-electron chi connectivity index (χ0n) is 26.6. The molecule has 0 aliphatic carbocycles. The monoisotopic (exact) mass is 634 g/mol. The minimum Gasteiger partial charge on any atom is -0.454 e. The molecule has 0 fully saturated rings. The van der Waals surface area contributed by atoms with Crippen LogP contribution in [0.4, 0.5) is 17.1 Å². The Morgan fingerprint density at radius 3 is 2.17 bits per heavy atom. The summed E-state index contributed by atoms with van der Waals surface area (Å²) in [6.07, 6.45) is 0. The molecule has 0 spiro atoms. The Bertz CT molecular complexity index is 2700. The van der Waals surface area contributed by atoms with Gasteiger partial charge in [0.25, 0.3) is 0 Å². The van der Waals surface area contributed by atoms with Crippen LogP contribution in [0, 0.1) is 0 Å². The Morgan fingerprint density at radius 2 is 1.25 bits per heavy atom. The molecule has 0 N–H and O–H groups in total. The Labute approximate surface area is 278 Å². The van der Waals surface area contributed by atoms with Crippen molar-refractivity contribution in [2.75, 3.05) is 4.90 Å². The fourth-order valence-electron chi connectivity index (χ4n) is 7.75. The van der Waals surface area contributed by atoms with Gasteiger partial charge in [0.2, 0.25) is 5.89 Å². The maximum absolute atomic E-state index is 6.81. The van der Waals surface area contributed by atoms with Gasteiger partial charge in [-0.25, -0.2) is 4.98 Å². The Kier molecular flexibility index (Phi) is 5.70. The van der Waals surface area contributed by atoms with Crippen molar-refractivity contribution in [1.82, 2.24) is 4.98 Å². The first-order chi connectivity index (χ1) is 23.5. The largest absolute Gasteiger partial charge is 0.454 e. The maximum Gasteiger partial charge on any atom is 0.228 e. The third-order valence-electron chi connectivity index (χ3n) is 10.1. The van der Waals surface area contributed by atoms with Crippen molar-refractivity contribution in [3.8, 4) is 22.6 Å². The first kappa shape index (κ1) is 27.2. The first-order valence-corrected chi connectivity index (χ1v) is 19.4. The number of benzene rings is 7. The highest BCUT2D eigenvalue weighted by atomic mass is 28.3. The summed E-state index contributed by atoms with van der Waals surface area (Å²) in [5.74, 6) is 0.590. The molecule has 3 heterocycles. The van der Waals surface area contributed by atoms with E-state index in [4.69, 9.17) is 13.8 Å². The van der Waals surface area contributed by atoms with Gasteiger partial charge in [-0.3, -0.25) is 0 Å². The van der Waals surface area contributed by atoms with Crippen molar-refractivity contribution < 1.29 is 8.83 Å². The van der Waals surface area contributed by atoms with Crippen molar-refractivity contribution in [1.29, 1.82) is 0 Å². The second kappa shape index (κ2) is 10.0. The number of rotatable bonds is 4. The van der Waals surface area contributed by atoms with E-state index in [1.807, 2.05) is 36.4 Å². The average Bonchev–Trinajstić information content (AvgIpc) is 3.80. The first-order valence-electron chi connectivity index (χ1n) is 16.4. The molecule has 0 radical (unpaired) electrons. The lowest BCUT2D eigenvalue weighted by Gasteiger charge is -2.28. The molecule has 1 aliphatic rings. The molecule has 0 amide bonds. The second-order valence-corrected chi connectivity index (χ2v) is 17.5. The molecule has 0 saturated carbocycles. The van der Waals surface area contributed by atoms with E-state index in [0.717, 1.165) is 55.7 Å². The van der Waals surface area contributed by atoms with E-state index in [2.05, 4.69) is 127 Å². The van der Waals surface area contributed by atoms with E-state index in [1.54, 1.807) is 0 Å². The van der Waals surface area contributed by atoms with Crippen LogP contribution in [0.25, 0.3) is 66.4 Å². The van der Waals surface area contributed by atoms with Gasteiger partial charge >= 0.3 is 0 Å². The second-order valence-electron chi connectivity index (χ2n) is 13.2. The van der Waals surface area contributed by atoms with Gasteiger partial charge in [-0.2, -0.15) is 0 Å². The summed E-state index contributed by atoms with van der Waals surface area (Å²) in [4.78, 5) is 7.22. The lowest BCUT2D eigenvalue weighted by molar-refractivity contribution is 0.620. The summed E-state index contributed by atoms with van der Waals surface area (Å²) in [7, 11) is -1.91. The van der Waals surface area contributed by atoms with Crippen molar-refractivity contribution >= 4 is 79.3 Å². The number of para-hydroxylation sites is 3. The molecule has 7 aromatic carbocycles. The van der Waals surface area contributed by atoms with Crippen molar-refractivity contribution in [3.05, 3.63) is 146 Å². The highest BCUT2D eigenvalue weighted by molar-refractivity contribution is 7.03. The summed E-state index contributed by atoms with van der Waals surface area (Å²) < 4.78 is 13.1.